The van der Waals surface area contributed by atoms with Gasteiger partial charge in [-0.3, -0.25) is 0 Å². The number of nitrogens with zero attached hydrogens (tertiary/aromatic N) is 1. The smallest absolute Gasteiger partial charge is 0.306 e. The average Bonchev–Trinajstić information content (AvgIpc) is 2.65. The van der Waals surface area contributed by atoms with Crippen LogP contribution in [-0.2, 0) is 10.0 Å². The van der Waals surface area contributed by atoms with Gasteiger partial charge in [0.2, 0.25) is 10.0 Å². The molecule has 0 spiro atoms. The average molecular weight is 297 g/mol. The summed E-state index contributed by atoms with van der Waals surface area (Å²) < 4.78 is 26.3. The topological polar surface area (TPSA) is 86.0 Å². The van der Waals surface area contributed by atoms with Gasteiger partial charge in [0.25, 0.3) is 0 Å². The van der Waals surface area contributed by atoms with E-state index in [1.165, 1.54) is 16.4 Å². The second-order valence-electron chi connectivity index (χ2n) is 6.11. The van der Waals surface area contributed by atoms with Crippen LogP contribution in [-0.4, -0.2) is 36.3 Å². The molecule has 1 heterocycles. The fraction of sp³-hybridized carbons (Fsp3) is 0.462. The third kappa shape index (κ3) is 2.94. The lowest BCUT2D eigenvalue weighted by Gasteiger charge is -2.26. The van der Waals surface area contributed by atoms with Crippen LogP contribution in [0.3, 0.4) is 0 Å². The minimum Gasteiger partial charge on any atom is -0.306 e. The first-order valence-corrected chi connectivity index (χ1v) is 7.72. The highest BCUT2D eigenvalue weighted by Gasteiger charge is 2.25. The van der Waals surface area contributed by atoms with Crippen molar-refractivity contribution in [2.75, 3.05) is 13.6 Å². The van der Waals surface area contributed by atoms with Gasteiger partial charge in [-0.05, 0) is 23.6 Å². The summed E-state index contributed by atoms with van der Waals surface area (Å²) in [5, 5.41) is 0. The third-order valence-electron chi connectivity index (χ3n) is 2.89. The van der Waals surface area contributed by atoms with Crippen molar-refractivity contribution in [1.29, 1.82) is 0 Å². The Hall–Kier alpha value is -1.60. The molecule has 20 heavy (non-hydrogen) atoms. The molecule has 0 radical (unpaired) electrons. The minimum atomic E-state index is -3.56. The Morgan fingerprint density at radius 3 is 2.35 bits per heavy atom. The standard InChI is InChI=1S/C13H19N3O3S/c1-13(2,3)8-16(4)20(18,19)9-5-6-10-11(7-9)15-12(17)14-10/h5-7H,8H2,1-4H3,(H2,14,15,17). The molecule has 0 aliphatic carbocycles. The van der Waals surface area contributed by atoms with Crippen molar-refractivity contribution in [1.82, 2.24) is 14.3 Å². The molecule has 2 rings (SSSR count). The summed E-state index contributed by atoms with van der Waals surface area (Å²) in [6.07, 6.45) is 0. The zero-order chi connectivity index (χ0) is 15.1. The summed E-state index contributed by atoms with van der Waals surface area (Å²) >= 11 is 0. The number of hydrogen-bond donors (Lipinski definition) is 2. The first-order chi connectivity index (χ1) is 9.09. The second kappa shape index (κ2) is 4.75. The van der Waals surface area contributed by atoms with Crippen molar-refractivity contribution in [2.24, 2.45) is 5.41 Å². The number of rotatable bonds is 3. The van der Waals surface area contributed by atoms with Gasteiger partial charge in [-0.25, -0.2) is 17.5 Å². The van der Waals surface area contributed by atoms with Crippen molar-refractivity contribution >= 4 is 21.1 Å². The van der Waals surface area contributed by atoms with Gasteiger partial charge in [-0.1, -0.05) is 20.8 Å². The number of aromatic nitrogens is 2. The number of fused-ring (bicyclic) bond motifs is 1. The van der Waals surface area contributed by atoms with Crippen LogP contribution in [0.4, 0.5) is 0 Å². The maximum atomic E-state index is 12.5. The lowest BCUT2D eigenvalue weighted by atomic mass is 9.97. The van der Waals surface area contributed by atoms with Gasteiger partial charge in [0.05, 0.1) is 15.9 Å². The molecule has 0 amide bonds. The van der Waals surface area contributed by atoms with Crippen LogP contribution in [0.5, 0.6) is 0 Å². The minimum absolute atomic E-state index is 0.131. The Bertz CT molecular complexity index is 781. The zero-order valence-electron chi connectivity index (χ0n) is 12.0. The molecule has 110 valence electrons. The fourth-order valence-corrected chi connectivity index (χ4v) is 3.53. The lowest BCUT2D eigenvalue weighted by molar-refractivity contribution is 0.311. The summed E-state index contributed by atoms with van der Waals surface area (Å²) in [7, 11) is -2.00. The van der Waals surface area contributed by atoms with Crippen LogP contribution < -0.4 is 5.69 Å². The Kier molecular flexibility index (Phi) is 3.51. The SMILES string of the molecule is CN(CC(C)(C)C)S(=O)(=O)c1ccc2[nH]c(=O)[nH]c2c1. The molecular formula is C13H19N3O3S. The molecular weight excluding hydrogens is 278 g/mol. The Morgan fingerprint density at radius 1 is 1.15 bits per heavy atom. The number of sulfonamides is 1. The van der Waals surface area contributed by atoms with Crippen LogP contribution in [0, 0.1) is 5.41 Å². The van der Waals surface area contributed by atoms with E-state index in [0.29, 0.717) is 17.6 Å². The van der Waals surface area contributed by atoms with Crippen LogP contribution in [0.25, 0.3) is 11.0 Å². The predicted molar refractivity (Wildman–Crippen MR) is 78.2 cm³/mol. The third-order valence-corrected chi connectivity index (χ3v) is 4.69. The van der Waals surface area contributed by atoms with E-state index < -0.39 is 10.0 Å². The van der Waals surface area contributed by atoms with Crippen molar-refractivity contribution in [3.63, 3.8) is 0 Å². The predicted octanol–water partition coefficient (Wildman–Crippen LogP) is 1.52. The maximum absolute atomic E-state index is 12.5. The van der Waals surface area contributed by atoms with E-state index in [9.17, 15) is 13.2 Å². The van der Waals surface area contributed by atoms with Crippen molar-refractivity contribution in [3.8, 4) is 0 Å². The van der Waals surface area contributed by atoms with Gasteiger partial charge >= 0.3 is 5.69 Å². The van der Waals surface area contributed by atoms with Gasteiger partial charge in [0.15, 0.2) is 0 Å². The van der Waals surface area contributed by atoms with E-state index >= 15 is 0 Å². The number of H-pyrrole nitrogens is 2. The molecule has 0 bridgehead atoms. The Morgan fingerprint density at radius 2 is 1.75 bits per heavy atom. The van der Waals surface area contributed by atoms with Crippen LogP contribution in [0.15, 0.2) is 27.9 Å². The van der Waals surface area contributed by atoms with E-state index in [0.717, 1.165) is 0 Å². The van der Waals surface area contributed by atoms with Crippen molar-refractivity contribution < 1.29 is 8.42 Å². The molecule has 0 saturated carbocycles. The monoisotopic (exact) mass is 297 g/mol. The van der Waals surface area contributed by atoms with E-state index in [2.05, 4.69) is 9.97 Å². The van der Waals surface area contributed by atoms with Crippen LogP contribution in [0.2, 0.25) is 0 Å². The van der Waals surface area contributed by atoms with Crippen molar-refractivity contribution in [3.05, 3.63) is 28.7 Å². The van der Waals surface area contributed by atoms with E-state index in [1.807, 2.05) is 20.8 Å². The highest BCUT2D eigenvalue weighted by Crippen LogP contribution is 2.22. The summed E-state index contributed by atoms with van der Waals surface area (Å²) in [6.45, 7) is 6.35. The molecule has 1 aromatic heterocycles. The molecule has 6 nitrogen and oxygen atoms in total. The molecule has 0 unspecified atom stereocenters. The van der Waals surface area contributed by atoms with Gasteiger partial charge < -0.3 is 9.97 Å². The number of nitrogens with one attached hydrogen (secondary N) is 2. The Balaban J connectivity index is 2.43. The number of benzene rings is 1. The summed E-state index contributed by atoms with van der Waals surface area (Å²) in [5.41, 5.74) is 0.596. The molecule has 0 aliphatic heterocycles. The maximum Gasteiger partial charge on any atom is 0.323 e. The van der Waals surface area contributed by atoms with E-state index in [1.54, 1.807) is 13.1 Å². The molecule has 0 fully saturated rings. The van der Waals surface area contributed by atoms with Crippen LogP contribution >= 0.6 is 0 Å². The van der Waals surface area contributed by atoms with Gasteiger partial charge in [0, 0.05) is 13.6 Å². The first-order valence-electron chi connectivity index (χ1n) is 6.28. The number of aromatic amines is 2. The summed E-state index contributed by atoms with van der Waals surface area (Å²) in [6, 6.07) is 4.56. The molecule has 0 saturated heterocycles. The molecule has 1 aromatic carbocycles. The molecule has 7 heteroatoms. The summed E-state index contributed by atoms with van der Waals surface area (Å²) in [5.74, 6) is 0. The number of imidazole rings is 1. The largest absolute Gasteiger partial charge is 0.323 e. The molecule has 2 N–H and O–H groups in total. The van der Waals surface area contributed by atoms with E-state index in [4.69, 9.17) is 0 Å². The molecule has 0 aliphatic rings. The Labute approximate surface area is 117 Å². The van der Waals surface area contributed by atoms with Crippen molar-refractivity contribution in [2.45, 2.75) is 25.7 Å². The highest BCUT2D eigenvalue weighted by molar-refractivity contribution is 7.89. The first kappa shape index (κ1) is 14.8. The lowest BCUT2D eigenvalue weighted by Crippen LogP contribution is -2.34. The molecule has 0 atom stereocenters. The zero-order valence-corrected chi connectivity index (χ0v) is 12.8. The quantitative estimate of drug-likeness (QED) is 0.900. The van der Waals surface area contributed by atoms with Gasteiger partial charge in [-0.2, -0.15) is 0 Å². The van der Waals surface area contributed by atoms with Crippen LogP contribution in [0.1, 0.15) is 20.8 Å². The van der Waals surface area contributed by atoms with Gasteiger partial charge in [0.1, 0.15) is 0 Å². The van der Waals surface area contributed by atoms with E-state index in [-0.39, 0.29) is 16.0 Å². The fourth-order valence-electron chi connectivity index (χ4n) is 2.11. The summed E-state index contributed by atoms with van der Waals surface area (Å²) in [4.78, 5) is 16.5. The number of hydrogen-bond acceptors (Lipinski definition) is 3. The highest BCUT2D eigenvalue weighted by atomic mass is 32.2. The molecule has 2 aromatic rings. The normalized spacial score (nSPS) is 13.2. The second-order valence-corrected chi connectivity index (χ2v) is 8.15. The van der Waals surface area contributed by atoms with Gasteiger partial charge in [-0.15, -0.1) is 0 Å².